The summed E-state index contributed by atoms with van der Waals surface area (Å²) in [5.41, 5.74) is 2.76. The van der Waals surface area contributed by atoms with E-state index in [-0.39, 0.29) is 6.61 Å². The van der Waals surface area contributed by atoms with Crippen LogP contribution in [0.1, 0.15) is 25.0 Å². The summed E-state index contributed by atoms with van der Waals surface area (Å²) in [4.78, 5) is 0. The van der Waals surface area contributed by atoms with E-state index >= 15 is 0 Å². The van der Waals surface area contributed by atoms with Gasteiger partial charge in [0.1, 0.15) is 0 Å². The zero-order valence-corrected chi connectivity index (χ0v) is 10.5. The van der Waals surface area contributed by atoms with Gasteiger partial charge in [0.25, 0.3) is 0 Å². The summed E-state index contributed by atoms with van der Waals surface area (Å²) in [5.74, 6) is 0.333. The molecule has 0 spiro atoms. The van der Waals surface area contributed by atoms with Crippen LogP contribution in [-0.4, -0.2) is 24.3 Å². The predicted octanol–water partition coefficient (Wildman–Crippen LogP) is 2.14. The van der Waals surface area contributed by atoms with E-state index < -0.39 is 0 Å². The van der Waals surface area contributed by atoms with Crippen molar-refractivity contribution >= 4 is 0 Å². The Hall–Kier alpha value is -0.860. The maximum atomic E-state index is 8.94. The summed E-state index contributed by atoms with van der Waals surface area (Å²) >= 11 is 0. The predicted molar refractivity (Wildman–Crippen MR) is 68.6 cm³/mol. The first-order chi connectivity index (χ1) is 7.63. The number of hydrogen-bond acceptors (Lipinski definition) is 2. The first kappa shape index (κ1) is 13.2. The lowest BCUT2D eigenvalue weighted by Crippen LogP contribution is -2.33. The van der Waals surface area contributed by atoms with E-state index in [4.69, 9.17) is 5.11 Å². The van der Waals surface area contributed by atoms with Crippen LogP contribution in [0.5, 0.6) is 0 Å². The standard InChI is InChI=1S/C14H23NO/c1-11(10-16)9-15-13(3)8-14-7-5-4-6-12(14)2/h4-7,11,13,15-16H,8-10H2,1-3H3. The highest BCUT2D eigenvalue weighted by atomic mass is 16.3. The second-order valence-corrected chi connectivity index (χ2v) is 4.73. The van der Waals surface area contributed by atoms with Gasteiger partial charge in [0.15, 0.2) is 0 Å². The molecule has 2 N–H and O–H groups in total. The van der Waals surface area contributed by atoms with Crippen LogP contribution in [-0.2, 0) is 6.42 Å². The molecule has 0 bridgehead atoms. The highest BCUT2D eigenvalue weighted by Gasteiger charge is 2.06. The first-order valence-corrected chi connectivity index (χ1v) is 6.02. The number of aryl methyl sites for hydroxylation is 1. The number of aliphatic hydroxyl groups is 1. The maximum Gasteiger partial charge on any atom is 0.0468 e. The molecule has 2 heteroatoms. The molecule has 1 aromatic rings. The largest absolute Gasteiger partial charge is 0.396 e. The molecule has 0 radical (unpaired) electrons. The van der Waals surface area contributed by atoms with Gasteiger partial charge in [0, 0.05) is 19.2 Å². The van der Waals surface area contributed by atoms with Crippen molar-refractivity contribution in [3.8, 4) is 0 Å². The van der Waals surface area contributed by atoms with Gasteiger partial charge in [-0.05, 0) is 37.3 Å². The lowest BCUT2D eigenvalue weighted by Gasteiger charge is -2.17. The van der Waals surface area contributed by atoms with Gasteiger partial charge in [-0.15, -0.1) is 0 Å². The lowest BCUT2D eigenvalue weighted by molar-refractivity contribution is 0.230. The molecule has 0 aromatic heterocycles. The minimum Gasteiger partial charge on any atom is -0.396 e. The number of hydrogen-bond donors (Lipinski definition) is 2. The van der Waals surface area contributed by atoms with Crippen molar-refractivity contribution < 1.29 is 5.11 Å². The molecule has 0 amide bonds. The highest BCUT2D eigenvalue weighted by molar-refractivity contribution is 5.26. The van der Waals surface area contributed by atoms with Crippen molar-refractivity contribution in [1.29, 1.82) is 0 Å². The summed E-state index contributed by atoms with van der Waals surface area (Å²) in [6.45, 7) is 7.52. The van der Waals surface area contributed by atoms with Crippen molar-refractivity contribution in [3.63, 3.8) is 0 Å². The molecular weight excluding hydrogens is 198 g/mol. The van der Waals surface area contributed by atoms with Crippen LogP contribution in [0, 0.1) is 12.8 Å². The smallest absolute Gasteiger partial charge is 0.0468 e. The molecular formula is C14H23NO. The van der Waals surface area contributed by atoms with Crippen molar-refractivity contribution in [3.05, 3.63) is 35.4 Å². The summed E-state index contributed by atoms with van der Waals surface area (Å²) < 4.78 is 0. The van der Waals surface area contributed by atoms with E-state index in [1.54, 1.807) is 0 Å². The Morgan fingerprint density at radius 1 is 1.25 bits per heavy atom. The minimum absolute atomic E-state index is 0.254. The summed E-state index contributed by atoms with van der Waals surface area (Å²) in [5, 5.41) is 12.4. The number of benzene rings is 1. The monoisotopic (exact) mass is 221 g/mol. The Balaban J connectivity index is 2.40. The molecule has 1 aromatic carbocycles. The molecule has 90 valence electrons. The Morgan fingerprint density at radius 2 is 1.94 bits per heavy atom. The van der Waals surface area contributed by atoms with E-state index in [2.05, 4.69) is 43.4 Å². The van der Waals surface area contributed by atoms with Crippen LogP contribution in [0.15, 0.2) is 24.3 Å². The molecule has 0 heterocycles. The van der Waals surface area contributed by atoms with Gasteiger partial charge in [-0.3, -0.25) is 0 Å². The third-order valence-corrected chi connectivity index (χ3v) is 2.91. The van der Waals surface area contributed by atoms with Crippen molar-refractivity contribution in [1.82, 2.24) is 5.32 Å². The van der Waals surface area contributed by atoms with Crippen LogP contribution in [0.25, 0.3) is 0 Å². The number of nitrogens with one attached hydrogen (secondary N) is 1. The molecule has 0 aliphatic heterocycles. The average molecular weight is 221 g/mol. The molecule has 0 saturated carbocycles. The summed E-state index contributed by atoms with van der Waals surface area (Å²) in [7, 11) is 0. The van der Waals surface area contributed by atoms with Gasteiger partial charge < -0.3 is 10.4 Å². The van der Waals surface area contributed by atoms with E-state index in [0.29, 0.717) is 12.0 Å². The fraction of sp³-hybridized carbons (Fsp3) is 0.571. The second-order valence-electron chi connectivity index (χ2n) is 4.73. The molecule has 0 saturated heterocycles. The van der Waals surface area contributed by atoms with Crippen LogP contribution < -0.4 is 5.32 Å². The van der Waals surface area contributed by atoms with Gasteiger partial charge >= 0.3 is 0 Å². The Bertz CT molecular complexity index is 311. The number of rotatable bonds is 6. The quantitative estimate of drug-likeness (QED) is 0.771. The summed E-state index contributed by atoms with van der Waals surface area (Å²) in [6.07, 6.45) is 1.05. The van der Waals surface area contributed by atoms with E-state index in [0.717, 1.165) is 13.0 Å². The lowest BCUT2D eigenvalue weighted by atomic mass is 10.0. The van der Waals surface area contributed by atoms with Crippen molar-refractivity contribution in [2.75, 3.05) is 13.2 Å². The molecule has 0 aliphatic carbocycles. The second kappa shape index (κ2) is 6.66. The van der Waals surface area contributed by atoms with E-state index in [1.807, 2.05) is 6.92 Å². The molecule has 2 nitrogen and oxygen atoms in total. The number of aliphatic hydroxyl groups excluding tert-OH is 1. The third kappa shape index (κ3) is 4.33. The highest BCUT2D eigenvalue weighted by Crippen LogP contribution is 2.09. The minimum atomic E-state index is 0.254. The SMILES string of the molecule is Cc1ccccc1CC(C)NCC(C)CO. The Labute approximate surface area is 98.7 Å². The van der Waals surface area contributed by atoms with Crippen LogP contribution in [0.2, 0.25) is 0 Å². The van der Waals surface area contributed by atoms with Gasteiger partial charge in [0.2, 0.25) is 0 Å². The van der Waals surface area contributed by atoms with Crippen LogP contribution in [0.4, 0.5) is 0 Å². The van der Waals surface area contributed by atoms with Gasteiger partial charge in [-0.25, -0.2) is 0 Å². The normalized spacial score (nSPS) is 14.8. The zero-order valence-electron chi connectivity index (χ0n) is 10.5. The maximum absolute atomic E-state index is 8.94. The summed E-state index contributed by atoms with van der Waals surface area (Å²) in [6, 6.07) is 8.95. The Kier molecular flexibility index (Phi) is 5.50. The molecule has 0 aliphatic rings. The fourth-order valence-corrected chi connectivity index (χ4v) is 1.71. The van der Waals surface area contributed by atoms with Gasteiger partial charge in [-0.2, -0.15) is 0 Å². The van der Waals surface area contributed by atoms with Crippen LogP contribution >= 0.6 is 0 Å². The molecule has 16 heavy (non-hydrogen) atoms. The van der Waals surface area contributed by atoms with E-state index in [9.17, 15) is 0 Å². The topological polar surface area (TPSA) is 32.3 Å². The Morgan fingerprint density at radius 3 is 2.56 bits per heavy atom. The van der Waals surface area contributed by atoms with E-state index in [1.165, 1.54) is 11.1 Å². The van der Waals surface area contributed by atoms with Gasteiger partial charge in [-0.1, -0.05) is 31.2 Å². The third-order valence-electron chi connectivity index (χ3n) is 2.91. The molecule has 0 fully saturated rings. The van der Waals surface area contributed by atoms with Crippen molar-refractivity contribution in [2.24, 2.45) is 5.92 Å². The average Bonchev–Trinajstić information content (AvgIpc) is 2.29. The molecule has 2 atom stereocenters. The molecule has 2 unspecified atom stereocenters. The molecule has 1 rings (SSSR count). The van der Waals surface area contributed by atoms with Crippen LogP contribution in [0.3, 0.4) is 0 Å². The zero-order chi connectivity index (χ0) is 12.0. The van der Waals surface area contributed by atoms with Crippen molar-refractivity contribution in [2.45, 2.75) is 33.2 Å². The first-order valence-electron chi connectivity index (χ1n) is 6.02. The fourth-order valence-electron chi connectivity index (χ4n) is 1.71. The van der Waals surface area contributed by atoms with Gasteiger partial charge in [0.05, 0.1) is 0 Å².